The maximum atomic E-state index is 15.3. The van der Waals surface area contributed by atoms with Crippen LogP contribution in [-0.4, -0.2) is 41.2 Å². The Morgan fingerprint density at radius 2 is 2.00 bits per heavy atom. The van der Waals surface area contributed by atoms with Gasteiger partial charge in [0.15, 0.2) is 11.5 Å². The monoisotopic (exact) mass is 342 g/mol. The number of piperazine rings is 1. The zero-order chi connectivity index (χ0) is 17.6. The average molecular weight is 342 g/mol. The molecule has 132 valence electrons. The van der Waals surface area contributed by atoms with Gasteiger partial charge in [0, 0.05) is 43.1 Å². The number of halogens is 1. The van der Waals surface area contributed by atoms with Crippen LogP contribution >= 0.6 is 0 Å². The van der Waals surface area contributed by atoms with Crippen molar-refractivity contribution in [1.82, 2.24) is 14.7 Å². The Hall–Kier alpha value is -2.34. The standard InChI is InChI=1S/C19H23FN4O/c1-12-7-24-10-16(15-5-4-6-25-11-15)22-19(24)17(20)18(12)23-8-13(2)21-14(3)9-23/h4-7,10,13-14,21H,8-9,11H2,1-3H3/t13-,14+. The number of nitrogens with one attached hydrogen (secondary N) is 1. The number of allylic oxidation sites excluding steroid dienone is 2. The van der Waals surface area contributed by atoms with Gasteiger partial charge in [-0.05, 0) is 32.4 Å². The Morgan fingerprint density at radius 1 is 1.24 bits per heavy atom. The van der Waals surface area contributed by atoms with Gasteiger partial charge >= 0.3 is 0 Å². The summed E-state index contributed by atoms with van der Waals surface area (Å²) in [4.78, 5) is 6.67. The fourth-order valence-electron chi connectivity index (χ4n) is 3.81. The largest absolute Gasteiger partial charge is 0.496 e. The van der Waals surface area contributed by atoms with Crippen LogP contribution in [0.5, 0.6) is 0 Å². The van der Waals surface area contributed by atoms with E-state index >= 15 is 4.39 Å². The van der Waals surface area contributed by atoms with Gasteiger partial charge in [0.2, 0.25) is 0 Å². The molecule has 25 heavy (non-hydrogen) atoms. The van der Waals surface area contributed by atoms with Crippen molar-refractivity contribution < 1.29 is 9.13 Å². The molecular weight excluding hydrogens is 319 g/mol. The van der Waals surface area contributed by atoms with Gasteiger partial charge in [-0.15, -0.1) is 0 Å². The third kappa shape index (κ3) is 2.91. The van der Waals surface area contributed by atoms with Crippen molar-refractivity contribution in [2.75, 3.05) is 24.6 Å². The second-order valence-electron chi connectivity index (χ2n) is 7.04. The Labute approximate surface area is 146 Å². The van der Waals surface area contributed by atoms with Crippen molar-refractivity contribution in [3.8, 4) is 0 Å². The first kappa shape index (κ1) is 16.1. The molecule has 1 fully saturated rings. The zero-order valence-electron chi connectivity index (χ0n) is 14.8. The van der Waals surface area contributed by atoms with Crippen molar-refractivity contribution in [2.45, 2.75) is 32.9 Å². The Bertz CT molecular complexity index is 860. The molecule has 4 heterocycles. The highest BCUT2D eigenvalue weighted by atomic mass is 19.1. The van der Waals surface area contributed by atoms with Crippen LogP contribution in [0.3, 0.4) is 0 Å². The van der Waals surface area contributed by atoms with Gasteiger partial charge in [0.1, 0.15) is 6.61 Å². The van der Waals surface area contributed by atoms with E-state index < -0.39 is 0 Å². The molecule has 0 unspecified atom stereocenters. The number of aromatic nitrogens is 2. The summed E-state index contributed by atoms with van der Waals surface area (Å²) < 4.78 is 22.4. The smallest absolute Gasteiger partial charge is 0.189 e. The first-order valence-electron chi connectivity index (χ1n) is 8.69. The highest BCUT2D eigenvalue weighted by Gasteiger charge is 2.26. The molecule has 0 amide bonds. The van der Waals surface area contributed by atoms with Crippen molar-refractivity contribution in [2.24, 2.45) is 0 Å². The van der Waals surface area contributed by atoms with Crippen molar-refractivity contribution in [1.29, 1.82) is 0 Å². The molecular formula is C19H23FN4O. The van der Waals surface area contributed by atoms with Crippen molar-refractivity contribution in [3.05, 3.63) is 47.9 Å². The molecule has 1 saturated heterocycles. The SMILES string of the molecule is Cc1cn2cc(C3=CC=COC3)nc2c(F)c1N1C[C@@H](C)N[C@@H](C)C1. The first-order valence-corrected chi connectivity index (χ1v) is 8.69. The number of anilines is 1. The molecule has 5 nitrogen and oxygen atoms in total. The molecule has 2 aromatic rings. The van der Waals surface area contributed by atoms with Gasteiger partial charge in [0.25, 0.3) is 0 Å². The van der Waals surface area contributed by atoms with Gasteiger partial charge in [-0.3, -0.25) is 0 Å². The van der Waals surface area contributed by atoms with Gasteiger partial charge in [-0.2, -0.15) is 0 Å². The van der Waals surface area contributed by atoms with E-state index in [1.165, 1.54) is 0 Å². The lowest BCUT2D eigenvalue weighted by Gasteiger charge is -2.38. The summed E-state index contributed by atoms with van der Waals surface area (Å²) in [6.45, 7) is 8.25. The Morgan fingerprint density at radius 3 is 2.68 bits per heavy atom. The highest BCUT2D eigenvalue weighted by Crippen LogP contribution is 2.30. The third-order valence-electron chi connectivity index (χ3n) is 4.76. The molecule has 4 rings (SSSR count). The topological polar surface area (TPSA) is 41.8 Å². The molecule has 0 aliphatic carbocycles. The fraction of sp³-hybridized carbons (Fsp3) is 0.421. The number of hydrogen-bond acceptors (Lipinski definition) is 4. The number of imidazole rings is 1. The number of ether oxygens (including phenoxy) is 1. The number of fused-ring (bicyclic) bond motifs is 1. The molecule has 0 aromatic carbocycles. The number of rotatable bonds is 2. The van der Waals surface area contributed by atoms with Gasteiger partial charge in [0.05, 0.1) is 17.6 Å². The predicted octanol–water partition coefficient (Wildman–Crippen LogP) is 2.90. The summed E-state index contributed by atoms with van der Waals surface area (Å²) in [5.74, 6) is -0.250. The maximum Gasteiger partial charge on any atom is 0.189 e. The van der Waals surface area contributed by atoms with E-state index in [9.17, 15) is 0 Å². The molecule has 0 radical (unpaired) electrons. The van der Waals surface area contributed by atoms with Gasteiger partial charge < -0.3 is 19.4 Å². The Kier molecular flexibility index (Phi) is 4.00. The number of nitrogens with zero attached hydrogens (tertiary/aromatic N) is 3. The average Bonchev–Trinajstić information content (AvgIpc) is 2.99. The van der Waals surface area contributed by atoms with E-state index in [-0.39, 0.29) is 5.82 Å². The summed E-state index contributed by atoms with van der Waals surface area (Å²) in [6, 6.07) is 0.649. The molecule has 6 heteroatoms. The number of pyridine rings is 1. The van der Waals surface area contributed by atoms with E-state index in [2.05, 4.69) is 29.0 Å². The van der Waals surface area contributed by atoms with Crippen LogP contribution in [0.1, 0.15) is 25.1 Å². The summed E-state index contributed by atoms with van der Waals surface area (Å²) in [7, 11) is 0. The van der Waals surface area contributed by atoms with Crippen molar-refractivity contribution in [3.63, 3.8) is 0 Å². The van der Waals surface area contributed by atoms with E-state index in [4.69, 9.17) is 4.74 Å². The number of hydrogen-bond donors (Lipinski definition) is 1. The van der Waals surface area contributed by atoms with E-state index in [1.807, 2.05) is 31.5 Å². The molecule has 2 atom stereocenters. The predicted molar refractivity (Wildman–Crippen MR) is 97.2 cm³/mol. The molecule has 0 spiro atoms. The lowest BCUT2D eigenvalue weighted by Crippen LogP contribution is -2.54. The quantitative estimate of drug-likeness (QED) is 0.911. The van der Waals surface area contributed by atoms with Crippen LogP contribution in [0.25, 0.3) is 11.2 Å². The van der Waals surface area contributed by atoms with Crippen LogP contribution in [-0.2, 0) is 4.74 Å². The van der Waals surface area contributed by atoms with E-state index in [0.29, 0.717) is 30.0 Å². The lowest BCUT2D eigenvalue weighted by atomic mass is 10.1. The molecule has 0 saturated carbocycles. The molecule has 2 aromatic heterocycles. The lowest BCUT2D eigenvalue weighted by molar-refractivity contribution is 0.292. The maximum absolute atomic E-state index is 15.3. The third-order valence-corrected chi connectivity index (χ3v) is 4.76. The minimum absolute atomic E-state index is 0.250. The molecule has 1 N–H and O–H groups in total. The summed E-state index contributed by atoms with van der Waals surface area (Å²) >= 11 is 0. The second kappa shape index (κ2) is 6.19. The van der Waals surface area contributed by atoms with Crippen LogP contribution in [0, 0.1) is 12.7 Å². The zero-order valence-corrected chi connectivity index (χ0v) is 14.8. The minimum Gasteiger partial charge on any atom is -0.496 e. The number of aryl methyl sites for hydroxylation is 1. The van der Waals surface area contributed by atoms with E-state index in [1.54, 1.807) is 10.7 Å². The second-order valence-corrected chi connectivity index (χ2v) is 7.04. The summed E-state index contributed by atoms with van der Waals surface area (Å²) in [5.41, 5.74) is 3.66. The summed E-state index contributed by atoms with van der Waals surface area (Å²) in [5, 5.41) is 3.49. The normalized spacial score (nSPS) is 23.7. The minimum atomic E-state index is -0.250. The van der Waals surface area contributed by atoms with Crippen LogP contribution in [0.2, 0.25) is 0 Å². The summed E-state index contributed by atoms with van der Waals surface area (Å²) in [6.07, 6.45) is 9.26. The fourth-order valence-corrected chi connectivity index (χ4v) is 3.81. The first-order chi connectivity index (χ1) is 12.0. The van der Waals surface area contributed by atoms with Crippen LogP contribution < -0.4 is 10.2 Å². The van der Waals surface area contributed by atoms with Gasteiger partial charge in [-0.1, -0.05) is 6.08 Å². The van der Waals surface area contributed by atoms with Crippen LogP contribution in [0.15, 0.2) is 30.8 Å². The van der Waals surface area contributed by atoms with E-state index in [0.717, 1.165) is 29.9 Å². The highest BCUT2D eigenvalue weighted by molar-refractivity contribution is 5.70. The van der Waals surface area contributed by atoms with Gasteiger partial charge in [-0.25, -0.2) is 9.37 Å². The molecule has 0 bridgehead atoms. The Balaban J connectivity index is 1.78. The molecule has 2 aliphatic rings. The van der Waals surface area contributed by atoms with Crippen molar-refractivity contribution >= 4 is 16.9 Å². The molecule has 2 aliphatic heterocycles. The van der Waals surface area contributed by atoms with Crippen LogP contribution in [0.4, 0.5) is 10.1 Å².